The van der Waals surface area contributed by atoms with Crippen LogP contribution in [0.2, 0.25) is 0 Å². The molecule has 22 heavy (non-hydrogen) atoms. The molecule has 2 aliphatic rings. The van der Waals surface area contributed by atoms with Crippen molar-refractivity contribution in [2.24, 2.45) is 0 Å². The second-order valence-corrected chi connectivity index (χ2v) is 5.48. The van der Waals surface area contributed by atoms with Gasteiger partial charge in [0.2, 0.25) is 5.82 Å². The number of nitrogens with zero attached hydrogens (tertiary/aromatic N) is 3. The molecule has 0 unspecified atom stereocenters. The molecule has 2 saturated heterocycles. The number of benzene rings is 1. The number of piperidine rings is 1. The largest absolute Gasteiger partial charge is 0.347 e. The number of rotatable bonds is 2. The SMILES string of the molecule is Fc1ccccc1-c1noc(N2CCC3(CC2)OCCO3)n1. The maximum Gasteiger partial charge on any atom is 0.324 e. The van der Waals surface area contributed by atoms with Crippen molar-refractivity contribution in [2.45, 2.75) is 18.6 Å². The minimum atomic E-state index is -0.440. The molecule has 7 heteroatoms. The van der Waals surface area contributed by atoms with Crippen LogP contribution in [0.3, 0.4) is 0 Å². The van der Waals surface area contributed by atoms with Crippen molar-refractivity contribution in [2.75, 3.05) is 31.2 Å². The standard InChI is InChI=1S/C15H16FN3O3/c16-12-4-2-1-3-11(12)13-17-14(22-18-13)19-7-5-15(6-8-19)20-9-10-21-15/h1-4H,5-10H2. The summed E-state index contributed by atoms with van der Waals surface area (Å²) < 4.78 is 30.4. The van der Waals surface area contributed by atoms with Crippen LogP contribution in [-0.2, 0) is 9.47 Å². The summed E-state index contributed by atoms with van der Waals surface area (Å²) in [4.78, 5) is 6.29. The smallest absolute Gasteiger partial charge is 0.324 e. The fourth-order valence-electron chi connectivity index (χ4n) is 2.92. The van der Waals surface area contributed by atoms with Crippen LogP contribution in [0.4, 0.5) is 10.4 Å². The van der Waals surface area contributed by atoms with Crippen molar-refractivity contribution >= 4 is 6.01 Å². The lowest BCUT2D eigenvalue weighted by molar-refractivity contribution is -0.169. The molecule has 2 aliphatic heterocycles. The third-order valence-electron chi connectivity index (χ3n) is 4.14. The van der Waals surface area contributed by atoms with Gasteiger partial charge in [0.1, 0.15) is 5.82 Å². The van der Waals surface area contributed by atoms with Crippen molar-refractivity contribution < 1.29 is 18.4 Å². The van der Waals surface area contributed by atoms with Crippen LogP contribution in [0.1, 0.15) is 12.8 Å². The Morgan fingerprint density at radius 3 is 2.55 bits per heavy atom. The van der Waals surface area contributed by atoms with Crippen LogP contribution < -0.4 is 4.90 Å². The van der Waals surface area contributed by atoms with Gasteiger partial charge in [-0.1, -0.05) is 17.3 Å². The fraction of sp³-hybridized carbons (Fsp3) is 0.467. The van der Waals surface area contributed by atoms with Crippen molar-refractivity contribution in [3.8, 4) is 11.4 Å². The first-order chi connectivity index (χ1) is 10.8. The fourth-order valence-corrected chi connectivity index (χ4v) is 2.92. The summed E-state index contributed by atoms with van der Waals surface area (Å²) in [7, 11) is 0. The molecule has 4 rings (SSSR count). The molecule has 0 bridgehead atoms. The van der Waals surface area contributed by atoms with Gasteiger partial charge in [-0.05, 0) is 12.1 Å². The lowest BCUT2D eigenvalue weighted by atomic mass is 10.0. The van der Waals surface area contributed by atoms with E-state index in [1.165, 1.54) is 6.07 Å². The maximum atomic E-state index is 13.8. The molecule has 2 fully saturated rings. The van der Waals surface area contributed by atoms with Crippen molar-refractivity contribution in [3.63, 3.8) is 0 Å². The van der Waals surface area contributed by atoms with Crippen LogP contribution in [0, 0.1) is 5.82 Å². The highest BCUT2D eigenvalue weighted by molar-refractivity contribution is 5.56. The number of anilines is 1. The van der Waals surface area contributed by atoms with E-state index in [4.69, 9.17) is 14.0 Å². The monoisotopic (exact) mass is 305 g/mol. The van der Waals surface area contributed by atoms with E-state index in [0.29, 0.717) is 37.9 Å². The van der Waals surface area contributed by atoms with Crippen LogP contribution in [0.5, 0.6) is 0 Å². The molecule has 3 heterocycles. The Kier molecular flexibility index (Phi) is 3.31. The average Bonchev–Trinajstić information content (AvgIpc) is 3.19. The Morgan fingerprint density at radius 2 is 1.82 bits per heavy atom. The van der Waals surface area contributed by atoms with Gasteiger partial charge >= 0.3 is 6.01 Å². The average molecular weight is 305 g/mol. The molecule has 0 N–H and O–H groups in total. The first-order valence-corrected chi connectivity index (χ1v) is 7.37. The van der Waals surface area contributed by atoms with Crippen LogP contribution in [0.25, 0.3) is 11.4 Å². The van der Waals surface area contributed by atoms with E-state index in [2.05, 4.69) is 10.1 Å². The molecule has 0 aliphatic carbocycles. The number of ether oxygens (including phenoxy) is 2. The Balaban J connectivity index is 1.50. The molecular formula is C15H16FN3O3. The highest BCUT2D eigenvalue weighted by atomic mass is 19.1. The minimum Gasteiger partial charge on any atom is -0.347 e. The van der Waals surface area contributed by atoms with E-state index >= 15 is 0 Å². The molecule has 116 valence electrons. The van der Waals surface area contributed by atoms with Crippen LogP contribution in [-0.4, -0.2) is 42.2 Å². The molecule has 0 amide bonds. The second kappa shape index (κ2) is 5.33. The van der Waals surface area contributed by atoms with E-state index in [1.807, 2.05) is 4.90 Å². The van der Waals surface area contributed by atoms with Crippen molar-refractivity contribution in [3.05, 3.63) is 30.1 Å². The van der Waals surface area contributed by atoms with E-state index < -0.39 is 5.79 Å². The zero-order valence-corrected chi connectivity index (χ0v) is 12.0. The van der Waals surface area contributed by atoms with Gasteiger partial charge in [0.15, 0.2) is 5.79 Å². The Morgan fingerprint density at radius 1 is 1.09 bits per heavy atom. The molecular weight excluding hydrogens is 289 g/mol. The summed E-state index contributed by atoms with van der Waals surface area (Å²) in [5.41, 5.74) is 0.341. The highest BCUT2D eigenvalue weighted by Crippen LogP contribution is 2.33. The summed E-state index contributed by atoms with van der Waals surface area (Å²) in [6, 6.07) is 6.80. The van der Waals surface area contributed by atoms with Gasteiger partial charge in [-0.25, -0.2) is 4.39 Å². The quantitative estimate of drug-likeness (QED) is 0.848. The minimum absolute atomic E-state index is 0.266. The van der Waals surface area contributed by atoms with E-state index in [-0.39, 0.29) is 11.6 Å². The molecule has 6 nitrogen and oxygen atoms in total. The number of aromatic nitrogens is 2. The second-order valence-electron chi connectivity index (χ2n) is 5.48. The summed E-state index contributed by atoms with van der Waals surface area (Å²) >= 11 is 0. The molecule has 1 aromatic carbocycles. The van der Waals surface area contributed by atoms with Gasteiger partial charge < -0.3 is 18.9 Å². The number of hydrogen-bond acceptors (Lipinski definition) is 6. The van der Waals surface area contributed by atoms with Gasteiger partial charge in [-0.2, -0.15) is 4.98 Å². The van der Waals surface area contributed by atoms with Crippen LogP contribution >= 0.6 is 0 Å². The molecule has 0 atom stereocenters. The highest BCUT2D eigenvalue weighted by Gasteiger charge is 2.40. The third-order valence-corrected chi connectivity index (χ3v) is 4.14. The number of hydrogen-bond donors (Lipinski definition) is 0. The molecule has 1 spiro atoms. The topological polar surface area (TPSA) is 60.6 Å². The van der Waals surface area contributed by atoms with Gasteiger partial charge in [0.05, 0.1) is 18.8 Å². The normalized spacial score (nSPS) is 20.7. The summed E-state index contributed by atoms with van der Waals surface area (Å²) in [6.07, 6.45) is 1.51. The maximum absolute atomic E-state index is 13.8. The molecule has 0 saturated carbocycles. The zero-order chi connectivity index (χ0) is 15.0. The Labute approximate surface area is 126 Å². The van der Waals surface area contributed by atoms with E-state index in [0.717, 1.165) is 12.8 Å². The predicted octanol–water partition coefficient (Wildman–Crippen LogP) is 2.22. The lowest BCUT2D eigenvalue weighted by Crippen LogP contribution is -2.45. The first-order valence-electron chi connectivity index (χ1n) is 7.37. The summed E-state index contributed by atoms with van der Waals surface area (Å²) in [6.45, 7) is 2.72. The van der Waals surface area contributed by atoms with Gasteiger partial charge in [-0.3, -0.25) is 0 Å². The third kappa shape index (κ3) is 2.36. The zero-order valence-electron chi connectivity index (χ0n) is 12.0. The van der Waals surface area contributed by atoms with Crippen molar-refractivity contribution in [1.29, 1.82) is 0 Å². The van der Waals surface area contributed by atoms with Crippen molar-refractivity contribution in [1.82, 2.24) is 10.1 Å². The summed E-state index contributed by atoms with van der Waals surface area (Å²) in [5.74, 6) is -0.535. The lowest BCUT2D eigenvalue weighted by Gasteiger charge is -2.36. The predicted molar refractivity (Wildman–Crippen MR) is 75.8 cm³/mol. The Hall–Kier alpha value is -1.99. The van der Waals surface area contributed by atoms with E-state index in [1.54, 1.807) is 18.2 Å². The molecule has 2 aromatic rings. The van der Waals surface area contributed by atoms with Gasteiger partial charge in [0.25, 0.3) is 0 Å². The van der Waals surface area contributed by atoms with Gasteiger partial charge in [-0.15, -0.1) is 0 Å². The van der Waals surface area contributed by atoms with Crippen LogP contribution in [0.15, 0.2) is 28.8 Å². The van der Waals surface area contributed by atoms with E-state index in [9.17, 15) is 4.39 Å². The van der Waals surface area contributed by atoms with Gasteiger partial charge in [0, 0.05) is 25.9 Å². The number of halogens is 1. The summed E-state index contributed by atoms with van der Waals surface area (Å²) in [5, 5.41) is 3.88. The first kappa shape index (κ1) is 13.7. The Bertz CT molecular complexity index is 660. The molecule has 1 aromatic heterocycles. The molecule has 0 radical (unpaired) electrons.